The van der Waals surface area contributed by atoms with Crippen LogP contribution >= 0.6 is 11.5 Å². The van der Waals surface area contributed by atoms with E-state index in [0.29, 0.717) is 6.54 Å². The molecular weight excluding hydrogens is 396 g/mol. The quantitative estimate of drug-likeness (QED) is 0.483. The van der Waals surface area contributed by atoms with E-state index in [0.717, 1.165) is 61.9 Å². The van der Waals surface area contributed by atoms with Crippen LogP contribution in [-0.4, -0.2) is 63.0 Å². The Morgan fingerprint density at radius 1 is 1.17 bits per heavy atom. The third-order valence-electron chi connectivity index (χ3n) is 5.24. The largest absolute Gasteiger partial charge is 0.349 e. The molecule has 0 unspecified atom stereocenters. The summed E-state index contributed by atoms with van der Waals surface area (Å²) >= 11 is 1.50. The highest BCUT2D eigenvalue weighted by molar-refractivity contribution is 7.09. The Bertz CT molecular complexity index is 956. The van der Waals surface area contributed by atoms with Gasteiger partial charge in [0, 0.05) is 70.1 Å². The summed E-state index contributed by atoms with van der Waals surface area (Å²) in [5.74, 6) is 2.84. The fourth-order valence-corrected chi connectivity index (χ4v) is 4.35. The third-order valence-corrected chi connectivity index (χ3v) is 6.05. The predicted molar refractivity (Wildman–Crippen MR) is 121 cm³/mol. The Kier molecular flexibility index (Phi) is 6.58. The van der Waals surface area contributed by atoms with Crippen molar-refractivity contribution in [2.75, 3.05) is 38.1 Å². The van der Waals surface area contributed by atoms with Crippen LogP contribution in [0.15, 0.2) is 47.7 Å². The number of imidazole rings is 1. The molecule has 1 aliphatic heterocycles. The standard InChI is InChI=1S/C21H28N8S/c1-3-18-25-21(30-26-18)28-13-11-27(12-14-28)20(22-2)24-15-19-23-9-10-29(19)16-17-7-5-4-6-8-17/h4-10H,3,11-16H2,1-2H3,(H,22,24). The van der Waals surface area contributed by atoms with Crippen LogP contribution in [0.2, 0.25) is 0 Å². The molecule has 3 heterocycles. The second kappa shape index (κ2) is 9.71. The maximum atomic E-state index is 4.61. The molecule has 0 aliphatic carbocycles. The van der Waals surface area contributed by atoms with Crippen molar-refractivity contribution < 1.29 is 0 Å². The molecule has 1 aromatic carbocycles. The molecular formula is C21H28N8S. The lowest BCUT2D eigenvalue weighted by molar-refractivity contribution is 0.371. The number of piperazine rings is 1. The van der Waals surface area contributed by atoms with Crippen molar-refractivity contribution in [2.24, 2.45) is 4.99 Å². The van der Waals surface area contributed by atoms with Crippen molar-refractivity contribution in [3.63, 3.8) is 0 Å². The van der Waals surface area contributed by atoms with Crippen LogP contribution in [0.25, 0.3) is 0 Å². The van der Waals surface area contributed by atoms with Crippen molar-refractivity contribution in [1.29, 1.82) is 0 Å². The summed E-state index contributed by atoms with van der Waals surface area (Å²) in [6.07, 6.45) is 4.76. The lowest BCUT2D eigenvalue weighted by atomic mass is 10.2. The average molecular weight is 425 g/mol. The number of benzene rings is 1. The zero-order chi connectivity index (χ0) is 20.8. The van der Waals surface area contributed by atoms with Gasteiger partial charge in [-0.1, -0.05) is 37.3 Å². The molecule has 1 saturated heterocycles. The van der Waals surface area contributed by atoms with Gasteiger partial charge in [-0.05, 0) is 5.56 Å². The first-order valence-corrected chi connectivity index (χ1v) is 11.1. The van der Waals surface area contributed by atoms with Gasteiger partial charge in [0.2, 0.25) is 5.13 Å². The summed E-state index contributed by atoms with van der Waals surface area (Å²) in [5, 5.41) is 4.51. The average Bonchev–Trinajstić information content (AvgIpc) is 3.45. The van der Waals surface area contributed by atoms with Gasteiger partial charge in [0.1, 0.15) is 11.6 Å². The van der Waals surface area contributed by atoms with Gasteiger partial charge in [0.15, 0.2) is 5.96 Å². The van der Waals surface area contributed by atoms with Gasteiger partial charge in [0.05, 0.1) is 6.54 Å². The van der Waals surface area contributed by atoms with Crippen molar-refractivity contribution in [3.8, 4) is 0 Å². The molecule has 2 aromatic heterocycles. The molecule has 8 nitrogen and oxygen atoms in total. The Hall–Kier alpha value is -2.94. The molecule has 0 radical (unpaired) electrons. The zero-order valence-corrected chi connectivity index (χ0v) is 18.3. The number of aromatic nitrogens is 4. The first kappa shape index (κ1) is 20.3. The van der Waals surface area contributed by atoms with Gasteiger partial charge in [-0.2, -0.15) is 4.37 Å². The summed E-state index contributed by atoms with van der Waals surface area (Å²) in [6.45, 7) is 7.19. The van der Waals surface area contributed by atoms with Gasteiger partial charge in [-0.25, -0.2) is 9.97 Å². The highest BCUT2D eigenvalue weighted by Gasteiger charge is 2.22. The fraction of sp³-hybridized carbons (Fsp3) is 0.429. The second-order valence-corrected chi connectivity index (χ2v) is 7.91. The number of aryl methyl sites for hydroxylation is 1. The minimum atomic E-state index is 0.642. The Balaban J connectivity index is 1.31. The van der Waals surface area contributed by atoms with Crippen LogP contribution in [-0.2, 0) is 19.5 Å². The van der Waals surface area contributed by atoms with E-state index in [4.69, 9.17) is 0 Å². The van der Waals surface area contributed by atoms with E-state index in [1.54, 1.807) is 0 Å². The van der Waals surface area contributed by atoms with Crippen LogP contribution in [0.5, 0.6) is 0 Å². The molecule has 9 heteroatoms. The summed E-state index contributed by atoms with van der Waals surface area (Å²) in [6, 6.07) is 10.4. The van der Waals surface area contributed by atoms with E-state index in [2.05, 4.69) is 70.2 Å². The fourth-order valence-electron chi connectivity index (χ4n) is 3.55. The van der Waals surface area contributed by atoms with Gasteiger partial charge < -0.3 is 19.7 Å². The SMILES string of the molecule is CCc1nsc(N2CCN(C(=NC)NCc3nccn3Cc3ccccc3)CC2)n1. The molecule has 1 N–H and O–H groups in total. The predicted octanol–water partition coefficient (Wildman–Crippen LogP) is 2.24. The molecule has 0 atom stereocenters. The number of rotatable bonds is 6. The summed E-state index contributed by atoms with van der Waals surface area (Å²) in [7, 11) is 1.84. The van der Waals surface area contributed by atoms with Crippen molar-refractivity contribution >= 4 is 22.6 Å². The van der Waals surface area contributed by atoms with E-state index in [9.17, 15) is 0 Å². The Morgan fingerprint density at radius 3 is 2.67 bits per heavy atom. The third kappa shape index (κ3) is 4.79. The topological polar surface area (TPSA) is 74.5 Å². The van der Waals surface area contributed by atoms with Crippen LogP contribution in [0, 0.1) is 0 Å². The van der Waals surface area contributed by atoms with Crippen LogP contribution < -0.4 is 10.2 Å². The van der Waals surface area contributed by atoms with Gasteiger partial charge in [-0.15, -0.1) is 0 Å². The lowest BCUT2D eigenvalue weighted by Gasteiger charge is -2.36. The highest BCUT2D eigenvalue weighted by Crippen LogP contribution is 2.19. The molecule has 0 saturated carbocycles. The van der Waals surface area contributed by atoms with Gasteiger partial charge >= 0.3 is 0 Å². The molecule has 4 rings (SSSR count). The lowest BCUT2D eigenvalue weighted by Crippen LogP contribution is -2.52. The Morgan fingerprint density at radius 2 is 1.97 bits per heavy atom. The number of nitrogens with one attached hydrogen (secondary N) is 1. The van der Waals surface area contributed by atoms with E-state index < -0.39 is 0 Å². The second-order valence-electron chi connectivity index (χ2n) is 7.18. The number of hydrogen-bond donors (Lipinski definition) is 1. The molecule has 3 aromatic rings. The monoisotopic (exact) mass is 424 g/mol. The van der Waals surface area contributed by atoms with Crippen molar-refractivity contribution in [3.05, 3.63) is 59.9 Å². The summed E-state index contributed by atoms with van der Waals surface area (Å²) in [4.78, 5) is 18.2. The maximum Gasteiger partial charge on any atom is 0.205 e. The summed E-state index contributed by atoms with van der Waals surface area (Å²) < 4.78 is 6.58. The molecule has 0 bridgehead atoms. The van der Waals surface area contributed by atoms with Crippen LogP contribution in [0.1, 0.15) is 24.1 Å². The van der Waals surface area contributed by atoms with Gasteiger partial charge in [-0.3, -0.25) is 4.99 Å². The minimum Gasteiger partial charge on any atom is -0.349 e. The number of hydrogen-bond acceptors (Lipinski definition) is 6. The number of anilines is 1. The molecule has 1 fully saturated rings. The van der Waals surface area contributed by atoms with E-state index in [-0.39, 0.29) is 0 Å². The zero-order valence-electron chi connectivity index (χ0n) is 17.5. The number of guanidine groups is 1. The van der Waals surface area contributed by atoms with Gasteiger partial charge in [0.25, 0.3) is 0 Å². The van der Waals surface area contributed by atoms with Crippen LogP contribution in [0.4, 0.5) is 5.13 Å². The normalized spacial score (nSPS) is 14.9. The number of aliphatic imine (C=N–C) groups is 1. The molecule has 0 spiro atoms. The first-order valence-electron chi connectivity index (χ1n) is 10.3. The first-order chi connectivity index (χ1) is 14.8. The summed E-state index contributed by atoms with van der Waals surface area (Å²) in [5.41, 5.74) is 1.26. The van der Waals surface area contributed by atoms with Crippen molar-refractivity contribution in [1.82, 2.24) is 29.1 Å². The van der Waals surface area contributed by atoms with Crippen LogP contribution in [0.3, 0.4) is 0 Å². The van der Waals surface area contributed by atoms with E-state index in [1.807, 2.05) is 25.5 Å². The smallest absolute Gasteiger partial charge is 0.205 e. The molecule has 0 amide bonds. The Labute approximate surface area is 181 Å². The highest BCUT2D eigenvalue weighted by atomic mass is 32.1. The molecule has 30 heavy (non-hydrogen) atoms. The van der Waals surface area contributed by atoms with E-state index >= 15 is 0 Å². The molecule has 158 valence electrons. The van der Waals surface area contributed by atoms with Crippen molar-refractivity contribution in [2.45, 2.75) is 26.4 Å². The minimum absolute atomic E-state index is 0.642. The maximum absolute atomic E-state index is 4.61. The van der Waals surface area contributed by atoms with E-state index in [1.165, 1.54) is 17.1 Å². The number of nitrogens with zero attached hydrogens (tertiary/aromatic N) is 7. The molecule has 1 aliphatic rings.